The summed E-state index contributed by atoms with van der Waals surface area (Å²) in [5.41, 5.74) is 0.700. The van der Waals surface area contributed by atoms with Crippen LogP contribution in [0, 0.1) is 5.92 Å². The Hall–Kier alpha value is -1.34. The number of nitrogens with zero attached hydrogens (tertiary/aromatic N) is 1. The van der Waals surface area contributed by atoms with E-state index in [1.807, 2.05) is 19.9 Å². The normalized spacial score (nSPS) is 35.3. The van der Waals surface area contributed by atoms with Crippen molar-refractivity contribution in [2.24, 2.45) is 5.92 Å². The van der Waals surface area contributed by atoms with Crippen LogP contribution in [0.1, 0.15) is 57.1 Å². The molecule has 2 aliphatic heterocycles. The van der Waals surface area contributed by atoms with E-state index in [9.17, 15) is 10.2 Å². The summed E-state index contributed by atoms with van der Waals surface area (Å²) in [5.74, 6) is 2.17. The number of aliphatic hydroxyl groups is 2. The molecule has 1 spiro atoms. The monoisotopic (exact) mass is 431 g/mol. The summed E-state index contributed by atoms with van der Waals surface area (Å²) < 4.78 is 17.7. The lowest BCUT2D eigenvalue weighted by Crippen LogP contribution is -2.74. The van der Waals surface area contributed by atoms with Crippen LogP contribution in [0.3, 0.4) is 0 Å². The van der Waals surface area contributed by atoms with Crippen LogP contribution in [0.15, 0.2) is 12.1 Å². The fourth-order valence-electron chi connectivity index (χ4n) is 6.67. The quantitative estimate of drug-likeness (QED) is 0.617. The van der Waals surface area contributed by atoms with Crippen LogP contribution < -0.4 is 9.47 Å². The zero-order valence-corrected chi connectivity index (χ0v) is 19.1. The largest absolute Gasteiger partial charge is 0.487 e. The molecule has 6 heteroatoms. The number of methoxy groups -OCH3 is 1. The molecule has 1 aromatic rings. The molecule has 0 radical (unpaired) electrons. The molecule has 6 nitrogen and oxygen atoms in total. The third kappa shape index (κ3) is 3.05. The standard InChI is InChI=1S/C25H37NO5/c1-4-18(27)23-25-10-11-26(15-16-6-5-7-16)20(24(25,2)28)14-17-8-9-19(30-13-12-29-3)22(31-23)21(17)25/h8-9,16,18,20,23,27-28H,4-7,10-15H2,1-3H3/t18-,20+,23-,24+,25-/m0/s1. The molecule has 2 aliphatic carbocycles. The van der Waals surface area contributed by atoms with E-state index in [4.69, 9.17) is 14.2 Å². The Kier molecular flexibility index (Phi) is 5.48. The van der Waals surface area contributed by atoms with Gasteiger partial charge in [0, 0.05) is 25.3 Å². The molecule has 2 N–H and O–H groups in total. The Morgan fingerprint density at radius 1 is 1.29 bits per heavy atom. The van der Waals surface area contributed by atoms with Crippen molar-refractivity contribution in [2.75, 3.05) is 33.4 Å². The minimum atomic E-state index is -0.987. The predicted molar refractivity (Wildman–Crippen MR) is 118 cm³/mol. The van der Waals surface area contributed by atoms with Crippen molar-refractivity contribution in [3.05, 3.63) is 23.3 Å². The molecule has 2 heterocycles. The summed E-state index contributed by atoms with van der Waals surface area (Å²) >= 11 is 0. The van der Waals surface area contributed by atoms with Gasteiger partial charge >= 0.3 is 0 Å². The molecule has 2 fully saturated rings. The smallest absolute Gasteiger partial charge is 0.166 e. The third-order valence-electron chi connectivity index (χ3n) is 8.61. The highest BCUT2D eigenvalue weighted by Gasteiger charge is 2.69. The molecule has 0 unspecified atom stereocenters. The number of likely N-dealkylation sites (tertiary alicyclic amines) is 1. The number of fused-ring (bicyclic) bond motifs is 1. The average molecular weight is 432 g/mol. The Labute approximate surface area is 185 Å². The Morgan fingerprint density at radius 2 is 2.10 bits per heavy atom. The highest BCUT2D eigenvalue weighted by molar-refractivity contribution is 5.62. The number of ether oxygens (including phenoxy) is 3. The first kappa shape index (κ1) is 21.5. The first-order valence-corrected chi connectivity index (χ1v) is 12.0. The molecular formula is C25H37NO5. The Bertz CT molecular complexity index is 822. The van der Waals surface area contributed by atoms with Gasteiger partial charge in [-0.1, -0.05) is 19.4 Å². The molecule has 1 saturated carbocycles. The Morgan fingerprint density at radius 3 is 2.77 bits per heavy atom. The van der Waals surface area contributed by atoms with Gasteiger partial charge in [0.2, 0.25) is 0 Å². The van der Waals surface area contributed by atoms with Gasteiger partial charge in [0.25, 0.3) is 0 Å². The number of aliphatic hydroxyl groups excluding tert-OH is 1. The van der Waals surface area contributed by atoms with E-state index < -0.39 is 23.2 Å². The van der Waals surface area contributed by atoms with Crippen molar-refractivity contribution in [3.63, 3.8) is 0 Å². The SMILES string of the molecule is CC[C@H](O)[C@@H]1Oc2c(OCCOC)ccc3c2[C@@]12CCN(CC1CCC1)[C@H](C3)[C@@]2(C)O. The van der Waals surface area contributed by atoms with Crippen LogP contribution in [0.2, 0.25) is 0 Å². The maximum absolute atomic E-state index is 12.2. The fraction of sp³-hybridized carbons (Fsp3) is 0.760. The van der Waals surface area contributed by atoms with Gasteiger partial charge in [-0.25, -0.2) is 0 Å². The lowest BCUT2D eigenvalue weighted by atomic mass is 9.52. The lowest BCUT2D eigenvalue weighted by Gasteiger charge is -2.60. The molecule has 0 aromatic heterocycles. The van der Waals surface area contributed by atoms with E-state index in [0.717, 1.165) is 43.2 Å². The summed E-state index contributed by atoms with van der Waals surface area (Å²) in [7, 11) is 1.66. The van der Waals surface area contributed by atoms with Crippen molar-refractivity contribution in [1.82, 2.24) is 4.90 Å². The van der Waals surface area contributed by atoms with Gasteiger partial charge in [-0.3, -0.25) is 4.90 Å². The van der Waals surface area contributed by atoms with Crippen molar-refractivity contribution < 1.29 is 24.4 Å². The maximum atomic E-state index is 12.2. The van der Waals surface area contributed by atoms with Crippen LogP contribution in [0.25, 0.3) is 0 Å². The second kappa shape index (κ2) is 7.91. The van der Waals surface area contributed by atoms with E-state index in [-0.39, 0.29) is 6.04 Å². The van der Waals surface area contributed by atoms with Crippen LogP contribution >= 0.6 is 0 Å². The van der Waals surface area contributed by atoms with E-state index in [1.165, 1.54) is 24.8 Å². The van der Waals surface area contributed by atoms with Gasteiger partial charge in [0.05, 0.1) is 23.7 Å². The molecule has 172 valence electrons. The molecule has 0 amide bonds. The molecular weight excluding hydrogens is 394 g/mol. The zero-order valence-electron chi connectivity index (χ0n) is 19.1. The second-order valence-corrected chi connectivity index (χ2v) is 10.2. The van der Waals surface area contributed by atoms with Crippen LogP contribution in [-0.4, -0.2) is 72.4 Å². The number of rotatable bonds is 8. The average Bonchev–Trinajstić information content (AvgIpc) is 3.06. The van der Waals surface area contributed by atoms with Crippen molar-refractivity contribution >= 4 is 0 Å². The highest BCUT2D eigenvalue weighted by atomic mass is 16.6. The minimum absolute atomic E-state index is 0.0377. The first-order valence-electron chi connectivity index (χ1n) is 12.0. The molecule has 5 atom stereocenters. The summed E-state index contributed by atoms with van der Waals surface area (Å²) in [6, 6.07) is 4.18. The van der Waals surface area contributed by atoms with Crippen LogP contribution in [0.4, 0.5) is 0 Å². The third-order valence-corrected chi connectivity index (χ3v) is 8.61. The van der Waals surface area contributed by atoms with E-state index in [2.05, 4.69) is 11.0 Å². The number of hydrogen-bond acceptors (Lipinski definition) is 6. The predicted octanol–water partition coefficient (Wildman–Crippen LogP) is 2.66. The molecule has 31 heavy (non-hydrogen) atoms. The van der Waals surface area contributed by atoms with Gasteiger partial charge in [-0.2, -0.15) is 0 Å². The van der Waals surface area contributed by atoms with Gasteiger partial charge in [0.1, 0.15) is 12.7 Å². The summed E-state index contributed by atoms with van der Waals surface area (Å²) in [4.78, 5) is 2.52. The van der Waals surface area contributed by atoms with Gasteiger partial charge in [-0.15, -0.1) is 0 Å². The minimum Gasteiger partial charge on any atom is -0.487 e. The summed E-state index contributed by atoms with van der Waals surface area (Å²) in [5, 5.41) is 23.2. The van der Waals surface area contributed by atoms with Gasteiger partial charge in [0.15, 0.2) is 11.5 Å². The number of hydrogen-bond donors (Lipinski definition) is 2. The first-order chi connectivity index (χ1) is 14.9. The van der Waals surface area contributed by atoms with Crippen molar-refractivity contribution in [2.45, 2.75) is 81.6 Å². The second-order valence-electron chi connectivity index (χ2n) is 10.2. The van der Waals surface area contributed by atoms with Crippen molar-refractivity contribution in [3.8, 4) is 11.5 Å². The summed E-state index contributed by atoms with van der Waals surface area (Å²) in [6.07, 6.45) is 5.01. The number of benzene rings is 1. The summed E-state index contributed by atoms with van der Waals surface area (Å²) in [6.45, 7) is 6.90. The maximum Gasteiger partial charge on any atom is 0.166 e. The van der Waals surface area contributed by atoms with E-state index in [1.54, 1.807) is 7.11 Å². The van der Waals surface area contributed by atoms with Crippen molar-refractivity contribution in [1.29, 1.82) is 0 Å². The van der Waals surface area contributed by atoms with Gasteiger partial charge in [-0.05, 0) is 63.1 Å². The zero-order chi connectivity index (χ0) is 21.8. The molecule has 4 aliphatic rings. The fourth-order valence-corrected chi connectivity index (χ4v) is 6.67. The molecule has 2 bridgehead atoms. The molecule has 1 aromatic carbocycles. The van der Waals surface area contributed by atoms with Crippen LogP contribution in [0.5, 0.6) is 11.5 Å². The molecule has 1 saturated heterocycles. The van der Waals surface area contributed by atoms with E-state index in [0.29, 0.717) is 25.4 Å². The highest BCUT2D eigenvalue weighted by Crippen LogP contribution is 2.62. The Balaban J connectivity index is 1.58. The topological polar surface area (TPSA) is 71.4 Å². The number of piperidine rings is 1. The van der Waals surface area contributed by atoms with E-state index >= 15 is 0 Å². The lowest BCUT2D eigenvalue weighted by molar-refractivity contribution is -0.172. The molecule has 5 rings (SSSR count). The van der Waals surface area contributed by atoms with Crippen LogP contribution in [-0.2, 0) is 16.6 Å². The van der Waals surface area contributed by atoms with Gasteiger partial charge < -0.3 is 24.4 Å².